The molecule has 2 heterocycles. The summed E-state index contributed by atoms with van der Waals surface area (Å²) in [6.45, 7) is 4.30. The van der Waals surface area contributed by atoms with E-state index in [1.165, 1.54) is 0 Å². The molecular formula is C26H24N2O4. The lowest BCUT2D eigenvalue weighted by Crippen LogP contribution is -2.13. The highest BCUT2D eigenvalue weighted by Crippen LogP contribution is 2.25. The molecule has 2 aromatic heterocycles. The Morgan fingerprint density at radius 1 is 1.00 bits per heavy atom. The lowest BCUT2D eigenvalue weighted by Gasteiger charge is -2.10. The second kappa shape index (κ2) is 9.06. The number of carboxylic acids is 1. The first kappa shape index (κ1) is 21.3. The lowest BCUT2D eigenvalue weighted by atomic mass is 10.1. The number of rotatable bonds is 7. The van der Waals surface area contributed by atoms with Gasteiger partial charge in [0.25, 0.3) is 5.91 Å². The number of pyridine rings is 1. The quantitative estimate of drug-likeness (QED) is 0.466. The number of fused-ring (bicyclic) bond motifs is 1. The van der Waals surface area contributed by atoms with Gasteiger partial charge in [-0.2, -0.15) is 0 Å². The zero-order valence-electron chi connectivity index (χ0n) is 18.0. The van der Waals surface area contributed by atoms with E-state index in [1.807, 2.05) is 44.2 Å². The molecule has 0 unspecified atom stereocenters. The van der Waals surface area contributed by atoms with Gasteiger partial charge in [-0.3, -0.25) is 19.1 Å². The van der Waals surface area contributed by atoms with Crippen molar-refractivity contribution in [3.63, 3.8) is 0 Å². The smallest absolute Gasteiger partial charge is 0.307 e. The maximum absolute atomic E-state index is 13.2. The highest BCUT2D eigenvalue weighted by molar-refractivity contribution is 6.04. The second-order valence-corrected chi connectivity index (χ2v) is 7.74. The molecule has 0 aliphatic heterocycles. The Hall–Kier alpha value is -3.93. The van der Waals surface area contributed by atoms with Gasteiger partial charge >= 0.3 is 5.97 Å². The van der Waals surface area contributed by atoms with Crippen LogP contribution in [0.2, 0.25) is 0 Å². The Labute approximate surface area is 186 Å². The molecule has 0 saturated carbocycles. The molecule has 32 heavy (non-hydrogen) atoms. The van der Waals surface area contributed by atoms with Crippen LogP contribution in [0.1, 0.15) is 33.0 Å². The van der Waals surface area contributed by atoms with Gasteiger partial charge < -0.3 is 9.84 Å². The maximum atomic E-state index is 13.2. The summed E-state index contributed by atoms with van der Waals surface area (Å²) in [5, 5.41) is 9.95. The van der Waals surface area contributed by atoms with Gasteiger partial charge in [0, 0.05) is 34.5 Å². The van der Waals surface area contributed by atoms with Gasteiger partial charge in [-0.15, -0.1) is 0 Å². The van der Waals surface area contributed by atoms with E-state index < -0.39 is 5.97 Å². The van der Waals surface area contributed by atoms with Crippen molar-refractivity contribution in [3.8, 4) is 5.75 Å². The Morgan fingerprint density at radius 3 is 2.47 bits per heavy atom. The highest BCUT2D eigenvalue weighted by atomic mass is 16.5. The fourth-order valence-corrected chi connectivity index (χ4v) is 3.85. The van der Waals surface area contributed by atoms with Gasteiger partial charge in [0.05, 0.1) is 18.5 Å². The Bertz CT molecular complexity index is 1290. The minimum Gasteiger partial charge on any atom is -0.493 e. The number of ether oxygens (including phenoxy) is 1. The molecular weight excluding hydrogens is 404 g/mol. The molecule has 0 radical (unpaired) electrons. The van der Waals surface area contributed by atoms with Crippen LogP contribution in [-0.2, 0) is 17.6 Å². The van der Waals surface area contributed by atoms with E-state index in [4.69, 9.17) is 9.84 Å². The van der Waals surface area contributed by atoms with Crippen LogP contribution >= 0.6 is 0 Å². The van der Waals surface area contributed by atoms with Crippen LogP contribution in [0, 0.1) is 13.8 Å². The molecule has 1 N–H and O–H groups in total. The van der Waals surface area contributed by atoms with Crippen molar-refractivity contribution in [1.29, 1.82) is 0 Å². The number of carbonyl (C=O) groups excluding carboxylic acids is 1. The largest absolute Gasteiger partial charge is 0.493 e. The number of aryl methyl sites for hydroxylation is 2. The molecule has 2 aromatic carbocycles. The number of hydrogen-bond acceptors (Lipinski definition) is 4. The van der Waals surface area contributed by atoms with Crippen LogP contribution in [0.5, 0.6) is 5.75 Å². The van der Waals surface area contributed by atoms with Crippen molar-refractivity contribution in [1.82, 2.24) is 9.55 Å². The van der Waals surface area contributed by atoms with Crippen LogP contribution in [0.4, 0.5) is 0 Å². The summed E-state index contributed by atoms with van der Waals surface area (Å²) < 4.78 is 7.43. The third-order valence-corrected chi connectivity index (χ3v) is 5.34. The molecule has 0 saturated heterocycles. The van der Waals surface area contributed by atoms with Crippen LogP contribution < -0.4 is 4.74 Å². The number of hydrogen-bond donors (Lipinski definition) is 1. The standard InChI is InChI=1S/C26H24N2O4/c1-17-5-3-7-21(27-17)13-14-32-22-11-9-19(10-12-22)26(31)28-18(2)15-23-20(16-25(29)30)6-4-8-24(23)28/h3-12,15H,13-14,16H2,1-2H3,(H,29,30). The lowest BCUT2D eigenvalue weighted by molar-refractivity contribution is -0.136. The van der Waals surface area contributed by atoms with Crippen LogP contribution in [-0.4, -0.2) is 33.1 Å². The molecule has 6 heteroatoms. The predicted molar refractivity (Wildman–Crippen MR) is 122 cm³/mol. The Kier molecular flexibility index (Phi) is 6.03. The van der Waals surface area contributed by atoms with Crippen molar-refractivity contribution < 1.29 is 19.4 Å². The first-order valence-electron chi connectivity index (χ1n) is 10.4. The summed E-state index contributed by atoms with van der Waals surface area (Å²) in [5.41, 5.74) is 4.65. The van der Waals surface area contributed by atoms with Gasteiger partial charge in [-0.05, 0) is 67.9 Å². The summed E-state index contributed by atoms with van der Waals surface area (Å²) in [5.74, 6) is -0.379. The molecule has 162 valence electrons. The first-order valence-corrected chi connectivity index (χ1v) is 10.4. The van der Waals surface area contributed by atoms with Crippen molar-refractivity contribution in [2.75, 3.05) is 6.61 Å². The fourth-order valence-electron chi connectivity index (χ4n) is 3.85. The monoisotopic (exact) mass is 428 g/mol. The zero-order valence-corrected chi connectivity index (χ0v) is 18.0. The maximum Gasteiger partial charge on any atom is 0.307 e. The average molecular weight is 428 g/mol. The molecule has 0 amide bonds. The minimum absolute atomic E-state index is 0.0842. The summed E-state index contributed by atoms with van der Waals surface area (Å²) >= 11 is 0. The van der Waals surface area contributed by atoms with Gasteiger partial charge in [-0.25, -0.2) is 0 Å². The van der Waals surface area contributed by atoms with E-state index in [2.05, 4.69) is 4.98 Å². The number of benzene rings is 2. The second-order valence-electron chi connectivity index (χ2n) is 7.74. The molecule has 0 aliphatic carbocycles. The van der Waals surface area contributed by atoms with E-state index in [0.717, 1.165) is 22.5 Å². The van der Waals surface area contributed by atoms with E-state index in [1.54, 1.807) is 41.0 Å². The van der Waals surface area contributed by atoms with Gasteiger partial charge in [0.2, 0.25) is 0 Å². The topological polar surface area (TPSA) is 81.4 Å². The van der Waals surface area contributed by atoms with E-state index in [-0.39, 0.29) is 12.3 Å². The summed E-state index contributed by atoms with van der Waals surface area (Å²) in [4.78, 5) is 28.9. The number of aromatic nitrogens is 2. The molecule has 4 rings (SSSR count). The third-order valence-electron chi connectivity index (χ3n) is 5.34. The third kappa shape index (κ3) is 4.54. The first-order chi connectivity index (χ1) is 15.4. The normalized spacial score (nSPS) is 10.9. The highest BCUT2D eigenvalue weighted by Gasteiger charge is 2.17. The number of carboxylic acid groups (broad SMARTS) is 1. The van der Waals surface area contributed by atoms with Crippen LogP contribution in [0.3, 0.4) is 0 Å². The molecule has 6 nitrogen and oxygen atoms in total. The summed E-state index contributed by atoms with van der Waals surface area (Å²) in [6.07, 6.45) is 0.620. The van der Waals surface area contributed by atoms with Crippen molar-refractivity contribution in [2.45, 2.75) is 26.7 Å². The van der Waals surface area contributed by atoms with E-state index >= 15 is 0 Å². The minimum atomic E-state index is -0.900. The molecule has 4 aromatic rings. The van der Waals surface area contributed by atoms with E-state index in [0.29, 0.717) is 35.4 Å². The van der Waals surface area contributed by atoms with Crippen molar-refractivity contribution in [2.24, 2.45) is 0 Å². The van der Waals surface area contributed by atoms with E-state index in [9.17, 15) is 9.59 Å². The molecule has 0 spiro atoms. The molecule has 0 fully saturated rings. The summed E-state index contributed by atoms with van der Waals surface area (Å²) in [6, 6.07) is 20.2. The van der Waals surface area contributed by atoms with Crippen molar-refractivity contribution >= 4 is 22.8 Å². The molecule has 0 atom stereocenters. The van der Waals surface area contributed by atoms with Crippen LogP contribution in [0.25, 0.3) is 10.9 Å². The fraction of sp³-hybridized carbons (Fsp3) is 0.192. The summed E-state index contributed by atoms with van der Waals surface area (Å²) in [7, 11) is 0. The van der Waals surface area contributed by atoms with Gasteiger partial charge in [-0.1, -0.05) is 18.2 Å². The number of aliphatic carboxylic acids is 1. The molecule has 0 bridgehead atoms. The zero-order chi connectivity index (χ0) is 22.7. The Morgan fingerprint density at radius 2 is 1.75 bits per heavy atom. The van der Waals surface area contributed by atoms with Crippen LogP contribution in [0.15, 0.2) is 66.7 Å². The number of nitrogens with zero attached hydrogens (tertiary/aromatic N) is 2. The van der Waals surface area contributed by atoms with Gasteiger partial charge in [0.15, 0.2) is 0 Å². The average Bonchev–Trinajstić information content (AvgIpc) is 3.10. The predicted octanol–water partition coefficient (Wildman–Crippen LogP) is 4.59. The van der Waals surface area contributed by atoms with Crippen molar-refractivity contribution in [3.05, 3.63) is 94.9 Å². The number of carbonyl (C=O) groups is 2. The molecule has 0 aliphatic rings. The Balaban J connectivity index is 1.49. The SMILES string of the molecule is Cc1cccc(CCOc2ccc(C(=O)n3c(C)cc4c(CC(=O)O)cccc43)cc2)n1. The van der Waals surface area contributed by atoms with Gasteiger partial charge in [0.1, 0.15) is 5.75 Å².